The van der Waals surface area contributed by atoms with Crippen molar-refractivity contribution in [1.29, 1.82) is 0 Å². The fourth-order valence-electron chi connectivity index (χ4n) is 3.50. The zero-order valence-electron chi connectivity index (χ0n) is 20.5. The molecule has 0 aromatic heterocycles. The van der Waals surface area contributed by atoms with Crippen LogP contribution in [-0.2, 0) is 26.2 Å². The zero-order valence-corrected chi connectivity index (χ0v) is 21.3. The molecule has 0 saturated carbocycles. The van der Waals surface area contributed by atoms with Gasteiger partial charge in [0, 0.05) is 12.6 Å². The first kappa shape index (κ1) is 27.2. The van der Waals surface area contributed by atoms with E-state index in [1.54, 1.807) is 49.6 Å². The Morgan fingerprint density at radius 1 is 1.00 bits per heavy atom. The van der Waals surface area contributed by atoms with E-state index in [1.165, 1.54) is 4.90 Å². The van der Waals surface area contributed by atoms with Gasteiger partial charge in [0.1, 0.15) is 18.3 Å². The van der Waals surface area contributed by atoms with Crippen molar-refractivity contribution in [2.24, 2.45) is 0 Å². The number of amides is 2. The Morgan fingerprint density at radius 3 is 2.12 bits per heavy atom. The normalized spacial score (nSPS) is 13.0. The van der Waals surface area contributed by atoms with Gasteiger partial charge in [-0.15, -0.1) is 0 Å². The minimum absolute atomic E-state index is 0.0451. The van der Waals surface area contributed by atoms with Gasteiger partial charge in [-0.1, -0.05) is 44.2 Å². The highest BCUT2D eigenvalue weighted by molar-refractivity contribution is 7.92. The SMILES string of the molecule is CCC(C)NC(=O)C(CC)N(Cc1ccc(OC)cc1)C(=O)CN(c1ccccc1)S(C)(=O)=O. The summed E-state index contributed by atoms with van der Waals surface area (Å²) in [5.41, 5.74) is 1.19. The van der Waals surface area contributed by atoms with Gasteiger partial charge in [-0.05, 0) is 49.6 Å². The average molecular weight is 490 g/mol. The van der Waals surface area contributed by atoms with Crippen molar-refractivity contribution in [2.45, 2.75) is 52.2 Å². The van der Waals surface area contributed by atoms with Crippen molar-refractivity contribution in [2.75, 3.05) is 24.2 Å². The van der Waals surface area contributed by atoms with Gasteiger partial charge in [0.05, 0.1) is 19.1 Å². The number of benzene rings is 2. The van der Waals surface area contributed by atoms with Crippen molar-refractivity contribution in [3.8, 4) is 5.75 Å². The van der Waals surface area contributed by atoms with Crippen LogP contribution in [0.25, 0.3) is 0 Å². The van der Waals surface area contributed by atoms with Gasteiger partial charge in [0.15, 0.2) is 0 Å². The van der Waals surface area contributed by atoms with Gasteiger partial charge >= 0.3 is 0 Å². The number of para-hydroxylation sites is 1. The number of hydrogen-bond donors (Lipinski definition) is 1. The summed E-state index contributed by atoms with van der Waals surface area (Å²) in [7, 11) is -2.17. The van der Waals surface area contributed by atoms with Gasteiger partial charge in [-0.3, -0.25) is 13.9 Å². The van der Waals surface area contributed by atoms with Crippen LogP contribution in [0.15, 0.2) is 54.6 Å². The van der Waals surface area contributed by atoms with Crippen LogP contribution in [0.3, 0.4) is 0 Å². The molecule has 2 rings (SSSR count). The third kappa shape index (κ3) is 7.48. The maximum atomic E-state index is 13.6. The lowest BCUT2D eigenvalue weighted by atomic mass is 10.1. The fourth-order valence-corrected chi connectivity index (χ4v) is 4.35. The number of hydrogen-bond acceptors (Lipinski definition) is 5. The van der Waals surface area contributed by atoms with Crippen molar-refractivity contribution < 1.29 is 22.7 Å². The lowest BCUT2D eigenvalue weighted by molar-refractivity contribution is -0.140. The lowest BCUT2D eigenvalue weighted by Gasteiger charge is -2.33. The van der Waals surface area contributed by atoms with E-state index in [2.05, 4.69) is 5.32 Å². The number of anilines is 1. The number of nitrogens with zero attached hydrogens (tertiary/aromatic N) is 2. The molecule has 0 aliphatic carbocycles. The summed E-state index contributed by atoms with van der Waals surface area (Å²) >= 11 is 0. The van der Waals surface area contributed by atoms with Crippen LogP contribution < -0.4 is 14.4 Å². The topological polar surface area (TPSA) is 96.0 Å². The minimum atomic E-state index is -3.74. The van der Waals surface area contributed by atoms with Gasteiger partial charge < -0.3 is 15.0 Å². The summed E-state index contributed by atoms with van der Waals surface area (Å²) in [5, 5.41) is 2.95. The molecule has 9 heteroatoms. The molecule has 2 unspecified atom stereocenters. The first-order chi connectivity index (χ1) is 16.1. The van der Waals surface area contributed by atoms with Crippen LogP contribution in [0, 0.1) is 0 Å². The summed E-state index contributed by atoms with van der Waals surface area (Å²) in [5.74, 6) is -0.0453. The smallest absolute Gasteiger partial charge is 0.244 e. The maximum absolute atomic E-state index is 13.6. The van der Waals surface area contributed by atoms with Gasteiger partial charge in [0.2, 0.25) is 21.8 Å². The van der Waals surface area contributed by atoms with Crippen LogP contribution in [0.1, 0.15) is 39.2 Å². The molecular weight excluding hydrogens is 454 g/mol. The predicted molar refractivity (Wildman–Crippen MR) is 134 cm³/mol. The van der Waals surface area contributed by atoms with Crippen molar-refractivity contribution in [3.63, 3.8) is 0 Å². The van der Waals surface area contributed by atoms with Crippen LogP contribution in [0.5, 0.6) is 5.75 Å². The fraction of sp³-hybridized carbons (Fsp3) is 0.440. The lowest BCUT2D eigenvalue weighted by Crippen LogP contribution is -2.53. The quantitative estimate of drug-likeness (QED) is 0.494. The number of ether oxygens (including phenoxy) is 1. The molecule has 0 spiro atoms. The highest BCUT2D eigenvalue weighted by atomic mass is 32.2. The average Bonchev–Trinajstić information content (AvgIpc) is 2.82. The number of rotatable bonds is 12. The maximum Gasteiger partial charge on any atom is 0.244 e. The standard InChI is InChI=1S/C25H35N3O5S/c1-6-19(3)26-25(30)23(7-2)27(17-20-13-15-22(33-4)16-14-20)24(29)18-28(34(5,31)32)21-11-9-8-10-12-21/h8-16,19,23H,6-7,17-18H2,1-5H3,(H,26,30). The third-order valence-electron chi connectivity index (χ3n) is 5.62. The summed E-state index contributed by atoms with van der Waals surface area (Å²) in [6.07, 6.45) is 2.20. The Hall–Kier alpha value is -3.07. The van der Waals surface area contributed by atoms with E-state index >= 15 is 0 Å². The molecule has 0 heterocycles. The van der Waals surface area contributed by atoms with E-state index in [4.69, 9.17) is 4.74 Å². The molecule has 2 amide bonds. The number of sulfonamides is 1. The number of nitrogens with one attached hydrogen (secondary N) is 1. The molecule has 1 N–H and O–H groups in total. The van der Waals surface area contributed by atoms with Crippen molar-refractivity contribution in [3.05, 3.63) is 60.2 Å². The largest absolute Gasteiger partial charge is 0.497 e. The Kier molecular flexibility index (Phi) is 9.92. The van der Waals surface area contributed by atoms with Crippen LogP contribution in [0.2, 0.25) is 0 Å². The first-order valence-electron chi connectivity index (χ1n) is 11.4. The second-order valence-corrected chi connectivity index (χ2v) is 10.1. The molecule has 0 radical (unpaired) electrons. The van der Waals surface area contributed by atoms with Crippen LogP contribution in [-0.4, -0.2) is 57.1 Å². The molecule has 2 aromatic carbocycles. The molecule has 0 fully saturated rings. The Bertz CT molecular complexity index is 1040. The second-order valence-electron chi connectivity index (χ2n) is 8.22. The van der Waals surface area contributed by atoms with E-state index in [-0.39, 0.29) is 18.5 Å². The Labute approximate surface area is 202 Å². The zero-order chi connectivity index (χ0) is 25.3. The predicted octanol–water partition coefficient (Wildman–Crippen LogP) is 3.18. The first-order valence-corrected chi connectivity index (χ1v) is 13.2. The molecule has 0 saturated heterocycles. The van der Waals surface area contributed by atoms with E-state index in [0.29, 0.717) is 17.9 Å². The van der Waals surface area contributed by atoms with Gasteiger partial charge in [0.25, 0.3) is 0 Å². The Morgan fingerprint density at radius 2 is 1.62 bits per heavy atom. The van der Waals surface area contributed by atoms with E-state index in [0.717, 1.165) is 22.5 Å². The summed E-state index contributed by atoms with van der Waals surface area (Å²) < 4.78 is 31.3. The van der Waals surface area contributed by atoms with Gasteiger partial charge in [-0.2, -0.15) is 0 Å². The monoisotopic (exact) mass is 489 g/mol. The molecule has 34 heavy (non-hydrogen) atoms. The molecule has 0 bridgehead atoms. The number of methoxy groups -OCH3 is 1. The Balaban J connectivity index is 2.40. The van der Waals surface area contributed by atoms with E-state index in [1.807, 2.05) is 32.9 Å². The molecule has 8 nitrogen and oxygen atoms in total. The van der Waals surface area contributed by atoms with Crippen LogP contribution >= 0.6 is 0 Å². The highest BCUT2D eigenvalue weighted by Crippen LogP contribution is 2.20. The van der Waals surface area contributed by atoms with Crippen molar-refractivity contribution >= 4 is 27.5 Å². The highest BCUT2D eigenvalue weighted by Gasteiger charge is 2.32. The second kappa shape index (κ2) is 12.4. The third-order valence-corrected chi connectivity index (χ3v) is 6.76. The van der Waals surface area contributed by atoms with Crippen molar-refractivity contribution in [1.82, 2.24) is 10.2 Å². The summed E-state index contributed by atoms with van der Waals surface area (Å²) in [4.78, 5) is 28.1. The molecular formula is C25H35N3O5S. The van der Waals surface area contributed by atoms with E-state index in [9.17, 15) is 18.0 Å². The van der Waals surface area contributed by atoms with Gasteiger partial charge in [-0.25, -0.2) is 8.42 Å². The number of carbonyl (C=O) groups is 2. The molecule has 2 aromatic rings. The number of carbonyl (C=O) groups excluding carboxylic acids is 2. The molecule has 0 aliphatic rings. The molecule has 186 valence electrons. The molecule has 2 atom stereocenters. The minimum Gasteiger partial charge on any atom is -0.497 e. The van der Waals surface area contributed by atoms with Crippen LogP contribution in [0.4, 0.5) is 5.69 Å². The molecule has 0 aliphatic heterocycles. The van der Waals surface area contributed by atoms with E-state index < -0.39 is 28.5 Å². The summed E-state index contributed by atoms with van der Waals surface area (Å²) in [6, 6.07) is 14.9. The summed E-state index contributed by atoms with van der Waals surface area (Å²) in [6.45, 7) is 5.45.